The summed E-state index contributed by atoms with van der Waals surface area (Å²) in [7, 11) is 1.62. The van der Waals surface area contributed by atoms with Crippen LogP contribution < -0.4 is 10.1 Å². The number of aliphatic hydroxyl groups excluding tert-OH is 2. The smallest absolute Gasteiger partial charge is 0.118 e. The van der Waals surface area contributed by atoms with Gasteiger partial charge in [0.1, 0.15) is 5.75 Å². The third-order valence-corrected chi connectivity index (χ3v) is 3.01. The zero-order valence-electron chi connectivity index (χ0n) is 11.3. The molecule has 0 amide bonds. The molecule has 0 aliphatic rings. The van der Waals surface area contributed by atoms with E-state index in [0.717, 1.165) is 11.3 Å². The first-order chi connectivity index (χ1) is 8.48. The molecule has 0 saturated heterocycles. The molecule has 18 heavy (non-hydrogen) atoms. The Kier molecular flexibility index (Phi) is 5.59. The number of nitrogens with one attached hydrogen (secondary N) is 1. The number of hydrogen-bond donors (Lipinski definition) is 3. The highest BCUT2D eigenvalue weighted by Gasteiger charge is 2.18. The number of aliphatic hydroxyl groups is 2. The Bertz CT molecular complexity index is 349. The molecule has 4 nitrogen and oxygen atoms in total. The van der Waals surface area contributed by atoms with Gasteiger partial charge in [0.25, 0.3) is 0 Å². The Morgan fingerprint density at radius 2 is 1.89 bits per heavy atom. The van der Waals surface area contributed by atoms with Crippen molar-refractivity contribution in [1.82, 2.24) is 5.32 Å². The SMILES string of the molecule is COc1ccc(C(O)CNC(C)(C)CCO)cc1. The minimum atomic E-state index is -0.561. The molecule has 102 valence electrons. The van der Waals surface area contributed by atoms with Crippen LogP contribution in [0.3, 0.4) is 0 Å². The van der Waals surface area contributed by atoms with E-state index in [2.05, 4.69) is 5.32 Å². The minimum Gasteiger partial charge on any atom is -0.497 e. The minimum absolute atomic E-state index is 0.138. The quantitative estimate of drug-likeness (QED) is 0.689. The van der Waals surface area contributed by atoms with E-state index >= 15 is 0 Å². The van der Waals surface area contributed by atoms with Gasteiger partial charge in [-0.2, -0.15) is 0 Å². The topological polar surface area (TPSA) is 61.7 Å². The lowest BCUT2D eigenvalue weighted by atomic mass is 10.0. The van der Waals surface area contributed by atoms with Gasteiger partial charge in [-0.1, -0.05) is 12.1 Å². The molecule has 0 heterocycles. The molecule has 0 aliphatic heterocycles. The van der Waals surface area contributed by atoms with Crippen molar-refractivity contribution in [2.24, 2.45) is 0 Å². The Morgan fingerprint density at radius 1 is 1.28 bits per heavy atom. The van der Waals surface area contributed by atoms with Crippen LogP contribution in [0.2, 0.25) is 0 Å². The molecule has 1 aromatic rings. The number of β-amino-alcohol motifs (C(OH)–C–C–N with tert-alkyl or cyclic N) is 1. The van der Waals surface area contributed by atoms with E-state index < -0.39 is 6.10 Å². The van der Waals surface area contributed by atoms with Crippen LogP contribution in [0.1, 0.15) is 31.9 Å². The summed E-state index contributed by atoms with van der Waals surface area (Å²) < 4.78 is 5.07. The molecular formula is C14H23NO3. The number of ether oxygens (including phenoxy) is 1. The van der Waals surface area contributed by atoms with E-state index in [1.54, 1.807) is 7.11 Å². The van der Waals surface area contributed by atoms with Crippen molar-refractivity contribution < 1.29 is 14.9 Å². The van der Waals surface area contributed by atoms with Gasteiger partial charge < -0.3 is 20.3 Å². The second kappa shape index (κ2) is 6.73. The van der Waals surface area contributed by atoms with E-state index in [1.165, 1.54) is 0 Å². The van der Waals surface area contributed by atoms with Crippen LogP contribution in [-0.4, -0.2) is 36.0 Å². The van der Waals surface area contributed by atoms with Crippen molar-refractivity contribution >= 4 is 0 Å². The van der Waals surface area contributed by atoms with E-state index in [1.807, 2.05) is 38.1 Å². The molecular weight excluding hydrogens is 230 g/mol. The molecule has 3 N–H and O–H groups in total. The summed E-state index contributed by atoms with van der Waals surface area (Å²) in [5.41, 5.74) is 0.672. The van der Waals surface area contributed by atoms with Gasteiger partial charge in [-0.25, -0.2) is 0 Å². The van der Waals surface area contributed by atoms with Gasteiger partial charge in [0, 0.05) is 18.7 Å². The van der Waals surface area contributed by atoms with Gasteiger partial charge in [-0.05, 0) is 38.0 Å². The molecule has 1 rings (SSSR count). The Morgan fingerprint density at radius 3 is 2.39 bits per heavy atom. The molecule has 4 heteroatoms. The largest absolute Gasteiger partial charge is 0.497 e. The summed E-state index contributed by atoms with van der Waals surface area (Å²) >= 11 is 0. The van der Waals surface area contributed by atoms with Gasteiger partial charge >= 0.3 is 0 Å². The summed E-state index contributed by atoms with van der Waals surface area (Å²) in [6, 6.07) is 7.36. The van der Waals surface area contributed by atoms with Crippen LogP contribution in [0.5, 0.6) is 5.75 Å². The zero-order chi connectivity index (χ0) is 13.6. The Labute approximate surface area is 109 Å². The first-order valence-corrected chi connectivity index (χ1v) is 6.16. The number of rotatable bonds is 7. The molecule has 1 aromatic carbocycles. The number of methoxy groups -OCH3 is 1. The van der Waals surface area contributed by atoms with E-state index in [9.17, 15) is 5.11 Å². The zero-order valence-corrected chi connectivity index (χ0v) is 11.3. The fraction of sp³-hybridized carbons (Fsp3) is 0.571. The Balaban J connectivity index is 2.51. The van der Waals surface area contributed by atoms with Gasteiger partial charge in [0.2, 0.25) is 0 Å². The first kappa shape index (κ1) is 15.0. The summed E-state index contributed by atoms with van der Waals surface area (Å²) in [6.07, 6.45) is 0.0939. The molecule has 0 spiro atoms. The molecule has 0 radical (unpaired) electrons. The van der Waals surface area contributed by atoms with Gasteiger partial charge in [0.15, 0.2) is 0 Å². The van der Waals surface area contributed by atoms with Crippen LogP contribution in [0.4, 0.5) is 0 Å². The van der Waals surface area contributed by atoms with Crippen molar-refractivity contribution in [3.63, 3.8) is 0 Å². The lowest BCUT2D eigenvalue weighted by Gasteiger charge is -2.27. The average molecular weight is 253 g/mol. The maximum absolute atomic E-state index is 10.0. The average Bonchev–Trinajstić information content (AvgIpc) is 2.36. The predicted octanol–water partition coefficient (Wildman–Crippen LogP) is 1.48. The van der Waals surface area contributed by atoms with Gasteiger partial charge in [-0.15, -0.1) is 0 Å². The summed E-state index contributed by atoms with van der Waals surface area (Å²) in [4.78, 5) is 0. The monoisotopic (exact) mass is 253 g/mol. The first-order valence-electron chi connectivity index (χ1n) is 6.16. The molecule has 0 aliphatic carbocycles. The van der Waals surface area contributed by atoms with Crippen LogP contribution in [-0.2, 0) is 0 Å². The fourth-order valence-corrected chi connectivity index (χ4v) is 1.68. The van der Waals surface area contributed by atoms with E-state index in [4.69, 9.17) is 9.84 Å². The molecule has 0 saturated carbocycles. The number of hydrogen-bond acceptors (Lipinski definition) is 4. The normalized spacial score (nSPS) is 13.4. The third kappa shape index (κ3) is 4.64. The van der Waals surface area contributed by atoms with Crippen LogP contribution in [0.15, 0.2) is 24.3 Å². The molecule has 1 unspecified atom stereocenters. The number of benzene rings is 1. The van der Waals surface area contributed by atoms with Crippen molar-refractivity contribution in [2.75, 3.05) is 20.3 Å². The standard InChI is InChI=1S/C14H23NO3/c1-14(2,8-9-16)15-10-13(17)11-4-6-12(18-3)7-5-11/h4-7,13,15-17H,8-10H2,1-3H3. The third-order valence-electron chi connectivity index (χ3n) is 3.01. The summed E-state index contributed by atoms with van der Waals surface area (Å²) in [5.74, 6) is 0.777. The maximum Gasteiger partial charge on any atom is 0.118 e. The fourth-order valence-electron chi connectivity index (χ4n) is 1.68. The summed E-state index contributed by atoms with van der Waals surface area (Å²) in [5, 5.41) is 22.2. The van der Waals surface area contributed by atoms with Gasteiger partial charge in [0.05, 0.1) is 13.2 Å². The molecule has 0 aromatic heterocycles. The van der Waals surface area contributed by atoms with E-state index in [0.29, 0.717) is 13.0 Å². The van der Waals surface area contributed by atoms with Gasteiger partial charge in [-0.3, -0.25) is 0 Å². The lowest BCUT2D eigenvalue weighted by molar-refractivity contribution is 0.151. The second-order valence-corrected chi connectivity index (χ2v) is 5.03. The van der Waals surface area contributed by atoms with Crippen LogP contribution >= 0.6 is 0 Å². The molecule has 1 atom stereocenters. The lowest BCUT2D eigenvalue weighted by Crippen LogP contribution is -2.42. The summed E-state index contributed by atoms with van der Waals surface area (Å²) in [6.45, 7) is 4.60. The highest BCUT2D eigenvalue weighted by atomic mass is 16.5. The Hall–Kier alpha value is -1.10. The van der Waals surface area contributed by atoms with Crippen LogP contribution in [0.25, 0.3) is 0 Å². The van der Waals surface area contributed by atoms with Crippen molar-refractivity contribution in [2.45, 2.75) is 31.9 Å². The second-order valence-electron chi connectivity index (χ2n) is 5.03. The highest BCUT2D eigenvalue weighted by molar-refractivity contribution is 5.28. The maximum atomic E-state index is 10.0. The van der Waals surface area contributed by atoms with Crippen LogP contribution in [0, 0.1) is 0 Å². The molecule has 0 bridgehead atoms. The van der Waals surface area contributed by atoms with Crippen molar-refractivity contribution in [3.8, 4) is 5.75 Å². The van der Waals surface area contributed by atoms with Crippen molar-refractivity contribution in [3.05, 3.63) is 29.8 Å². The van der Waals surface area contributed by atoms with Crippen molar-refractivity contribution in [1.29, 1.82) is 0 Å². The predicted molar refractivity (Wildman–Crippen MR) is 71.7 cm³/mol. The molecule has 0 fully saturated rings. The highest BCUT2D eigenvalue weighted by Crippen LogP contribution is 2.18. The van der Waals surface area contributed by atoms with E-state index in [-0.39, 0.29) is 12.1 Å².